The molecule has 6 nitrogen and oxygen atoms in total. The lowest BCUT2D eigenvalue weighted by molar-refractivity contribution is -0.135. The van der Waals surface area contributed by atoms with Gasteiger partial charge in [-0.05, 0) is 56.7 Å². The highest BCUT2D eigenvalue weighted by atomic mass is 16.2. The van der Waals surface area contributed by atoms with Crippen molar-refractivity contribution >= 4 is 18.0 Å². The van der Waals surface area contributed by atoms with E-state index < -0.39 is 5.54 Å². The number of pyridine rings is 1. The summed E-state index contributed by atoms with van der Waals surface area (Å²) >= 11 is 0. The molecule has 1 aromatic heterocycles. The van der Waals surface area contributed by atoms with Gasteiger partial charge in [0, 0.05) is 45.1 Å². The van der Waals surface area contributed by atoms with Gasteiger partial charge in [-0.3, -0.25) is 19.6 Å². The Kier molecular flexibility index (Phi) is 7.23. The molecule has 2 aliphatic heterocycles. The molecule has 6 heteroatoms. The van der Waals surface area contributed by atoms with Crippen LogP contribution in [0.25, 0.3) is 6.08 Å². The predicted octanol–water partition coefficient (Wildman–Crippen LogP) is 4.24. The van der Waals surface area contributed by atoms with E-state index in [1.807, 2.05) is 48.4 Å². The maximum absolute atomic E-state index is 13.5. The SMILES string of the molecule is CCN1C(=O)N(CCCc2cccnc2)C(=O)C12CCN(C/C(C)=C/c1ccccc1)CC2. The minimum Gasteiger partial charge on any atom is -0.310 e. The maximum atomic E-state index is 13.5. The van der Waals surface area contributed by atoms with Crippen LogP contribution in [0.2, 0.25) is 0 Å². The van der Waals surface area contributed by atoms with Crippen LogP contribution in [0.1, 0.15) is 44.2 Å². The molecule has 2 saturated heterocycles. The van der Waals surface area contributed by atoms with E-state index in [-0.39, 0.29) is 11.9 Å². The standard InChI is InChI=1S/C27H34N4O2/c1-3-31-26(33)30(16-8-12-24-11-7-15-28-20-24)25(32)27(31)13-17-29(18-14-27)21-22(2)19-23-9-5-4-6-10-23/h4-7,9-11,15,19-20H,3,8,12-14,16-18,21H2,1-2H3/b22-19+. The number of hydrogen-bond acceptors (Lipinski definition) is 4. The molecule has 0 unspecified atom stereocenters. The average molecular weight is 447 g/mol. The van der Waals surface area contributed by atoms with E-state index in [9.17, 15) is 9.59 Å². The number of carbonyl (C=O) groups excluding carboxylic acids is 2. The van der Waals surface area contributed by atoms with Crippen molar-refractivity contribution < 1.29 is 9.59 Å². The molecule has 2 fully saturated rings. The zero-order valence-electron chi connectivity index (χ0n) is 19.7. The van der Waals surface area contributed by atoms with Crippen molar-refractivity contribution in [2.45, 2.75) is 45.1 Å². The van der Waals surface area contributed by atoms with Gasteiger partial charge in [-0.15, -0.1) is 0 Å². The monoisotopic (exact) mass is 446 g/mol. The maximum Gasteiger partial charge on any atom is 0.327 e. The van der Waals surface area contributed by atoms with Crippen LogP contribution in [0.3, 0.4) is 0 Å². The van der Waals surface area contributed by atoms with Gasteiger partial charge in [0.25, 0.3) is 5.91 Å². The van der Waals surface area contributed by atoms with Gasteiger partial charge in [0.15, 0.2) is 0 Å². The first-order valence-corrected chi connectivity index (χ1v) is 12.0. The summed E-state index contributed by atoms with van der Waals surface area (Å²) in [6.07, 6.45) is 8.78. The van der Waals surface area contributed by atoms with Crippen molar-refractivity contribution in [3.05, 3.63) is 71.6 Å². The Labute approximate surface area is 196 Å². The third kappa shape index (κ3) is 5.01. The van der Waals surface area contributed by atoms with Crippen LogP contribution in [0.4, 0.5) is 4.79 Å². The normalized spacial score (nSPS) is 19.0. The number of nitrogens with zero attached hydrogens (tertiary/aromatic N) is 4. The van der Waals surface area contributed by atoms with E-state index in [4.69, 9.17) is 0 Å². The summed E-state index contributed by atoms with van der Waals surface area (Å²) < 4.78 is 0. The van der Waals surface area contributed by atoms with Gasteiger partial charge in [-0.2, -0.15) is 0 Å². The first-order valence-electron chi connectivity index (χ1n) is 12.0. The number of likely N-dealkylation sites (N-methyl/N-ethyl adjacent to an activating group) is 1. The van der Waals surface area contributed by atoms with Crippen LogP contribution < -0.4 is 0 Å². The summed E-state index contributed by atoms with van der Waals surface area (Å²) in [6, 6.07) is 14.2. The van der Waals surface area contributed by atoms with Crippen LogP contribution >= 0.6 is 0 Å². The molecular weight excluding hydrogens is 412 g/mol. The lowest BCUT2D eigenvalue weighted by Gasteiger charge is -2.42. The van der Waals surface area contributed by atoms with E-state index in [0.29, 0.717) is 25.9 Å². The smallest absolute Gasteiger partial charge is 0.310 e. The molecular formula is C27H34N4O2. The topological polar surface area (TPSA) is 56.8 Å². The van der Waals surface area contributed by atoms with Crippen LogP contribution in [0.5, 0.6) is 0 Å². The number of piperidine rings is 1. The highest BCUT2D eigenvalue weighted by Crippen LogP contribution is 2.37. The fourth-order valence-corrected chi connectivity index (χ4v) is 5.20. The van der Waals surface area contributed by atoms with Gasteiger partial charge in [0.2, 0.25) is 0 Å². The molecule has 174 valence electrons. The van der Waals surface area contributed by atoms with Crippen LogP contribution in [-0.2, 0) is 11.2 Å². The van der Waals surface area contributed by atoms with E-state index in [2.05, 4.69) is 35.0 Å². The highest BCUT2D eigenvalue weighted by Gasteiger charge is 2.57. The summed E-state index contributed by atoms with van der Waals surface area (Å²) in [5.41, 5.74) is 2.97. The molecule has 33 heavy (non-hydrogen) atoms. The Bertz CT molecular complexity index is 982. The van der Waals surface area contributed by atoms with Crippen molar-refractivity contribution in [1.82, 2.24) is 19.7 Å². The van der Waals surface area contributed by atoms with Crippen LogP contribution in [0, 0.1) is 0 Å². The van der Waals surface area contributed by atoms with E-state index in [1.54, 1.807) is 6.20 Å². The van der Waals surface area contributed by atoms with Crippen LogP contribution in [0.15, 0.2) is 60.4 Å². The molecule has 0 atom stereocenters. The van der Waals surface area contributed by atoms with Gasteiger partial charge in [-0.1, -0.05) is 48.0 Å². The Balaban J connectivity index is 1.36. The molecule has 2 aliphatic rings. The molecule has 1 spiro atoms. The van der Waals surface area contributed by atoms with Gasteiger partial charge in [0.1, 0.15) is 5.54 Å². The third-order valence-corrected chi connectivity index (χ3v) is 6.88. The minimum atomic E-state index is -0.673. The molecule has 0 N–H and O–H groups in total. The van der Waals surface area contributed by atoms with E-state index in [0.717, 1.165) is 38.0 Å². The van der Waals surface area contributed by atoms with Crippen LogP contribution in [-0.4, -0.2) is 69.9 Å². The molecule has 1 aromatic carbocycles. The zero-order chi connectivity index (χ0) is 23.3. The molecule has 3 amide bonds. The first-order chi connectivity index (χ1) is 16.0. The number of benzene rings is 1. The summed E-state index contributed by atoms with van der Waals surface area (Å²) in [7, 11) is 0. The second-order valence-corrected chi connectivity index (χ2v) is 9.16. The van der Waals surface area contributed by atoms with Gasteiger partial charge < -0.3 is 4.90 Å². The summed E-state index contributed by atoms with van der Waals surface area (Å²) in [5, 5.41) is 0. The first kappa shape index (κ1) is 23.2. The molecule has 0 aliphatic carbocycles. The minimum absolute atomic E-state index is 0.00302. The number of hydrogen-bond donors (Lipinski definition) is 0. The quantitative estimate of drug-likeness (QED) is 0.569. The molecule has 2 aromatic rings. The average Bonchev–Trinajstić information content (AvgIpc) is 3.02. The fraction of sp³-hybridized carbons (Fsp3) is 0.444. The molecule has 3 heterocycles. The van der Waals surface area contributed by atoms with E-state index in [1.165, 1.54) is 16.0 Å². The summed E-state index contributed by atoms with van der Waals surface area (Å²) in [4.78, 5) is 36.5. The Morgan fingerprint density at radius 1 is 1.09 bits per heavy atom. The lowest BCUT2D eigenvalue weighted by atomic mass is 9.85. The number of urea groups is 1. The summed E-state index contributed by atoms with van der Waals surface area (Å²) in [5.74, 6) is -0.00302. The molecule has 0 saturated carbocycles. The molecule has 0 bridgehead atoms. The number of rotatable bonds is 8. The largest absolute Gasteiger partial charge is 0.327 e. The number of amides is 3. The lowest BCUT2D eigenvalue weighted by Crippen LogP contribution is -2.56. The van der Waals surface area contributed by atoms with Crippen molar-refractivity contribution in [2.24, 2.45) is 0 Å². The number of aromatic nitrogens is 1. The number of imide groups is 1. The van der Waals surface area contributed by atoms with Crippen molar-refractivity contribution in [3.63, 3.8) is 0 Å². The molecule has 4 rings (SSSR count). The third-order valence-electron chi connectivity index (χ3n) is 6.88. The van der Waals surface area contributed by atoms with Gasteiger partial charge in [-0.25, -0.2) is 4.79 Å². The second kappa shape index (κ2) is 10.3. The Morgan fingerprint density at radius 2 is 1.85 bits per heavy atom. The number of likely N-dealkylation sites (tertiary alicyclic amines) is 1. The van der Waals surface area contributed by atoms with E-state index >= 15 is 0 Å². The predicted molar refractivity (Wildman–Crippen MR) is 131 cm³/mol. The number of carbonyl (C=O) groups is 2. The van der Waals surface area contributed by atoms with Crippen molar-refractivity contribution in [3.8, 4) is 0 Å². The van der Waals surface area contributed by atoms with Crippen molar-refractivity contribution in [1.29, 1.82) is 0 Å². The summed E-state index contributed by atoms with van der Waals surface area (Å²) in [6.45, 7) is 7.69. The Morgan fingerprint density at radius 3 is 2.52 bits per heavy atom. The van der Waals surface area contributed by atoms with Gasteiger partial charge >= 0.3 is 6.03 Å². The Hall–Kier alpha value is -2.99. The number of aryl methyl sites for hydroxylation is 1. The second-order valence-electron chi connectivity index (χ2n) is 9.16. The zero-order valence-corrected chi connectivity index (χ0v) is 19.7. The molecule has 0 radical (unpaired) electrons. The van der Waals surface area contributed by atoms with Crippen molar-refractivity contribution in [2.75, 3.05) is 32.7 Å². The highest BCUT2D eigenvalue weighted by molar-refractivity contribution is 6.07. The fourth-order valence-electron chi connectivity index (χ4n) is 5.20. The van der Waals surface area contributed by atoms with Gasteiger partial charge in [0.05, 0.1) is 0 Å².